The quantitative estimate of drug-likeness (QED) is 0.619. The summed E-state index contributed by atoms with van der Waals surface area (Å²) in [6.45, 7) is 3.10. The maximum absolute atomic E-state index is 12.7. The molecule has 0 aliphatic heterocycles. The second-order valence-electron chi connectivity index (χ2n) is 6.40. The van der Waals surface area contributed by atoms with Crippen LogP contribution in [0.5, 0.6) is 0 Å². The van der Waals surface area contributed by atoms with Crippen LogP contribution in [0.15, 0.2) is 34.8 Å². The molecule has 0 saturated heterocycles. The summed E-state index contributed by atoms with van der Waals surface area (Å²) in [4.78, 5) is 40.5. The van der Waals surface area contributed by atoms with Crippen molar-refractivity contribution in [3.63, 3.8) is 0 Å². The zero-order chi connectivity index (χ0) is 19.5. The number of Topliss-reactive ketones (excluding diaryl/α,β-unsaturated/α-hetero) is 1. The molecule has 0 fully saturated rings. The van der Waals surface area contributed by atoms with Crippen LogP contribution in [0.4, 0.5) is 0 Å². The smallest absolute Gasteiger partial charge is 0.310 e. The number of benzene rings is 1. The number of aromatic nitrogens is 1. The number of carbonyl (C=O) groups is 3. The van der Waals surface area contributed by atoms with E-state index < -0.39 is 35.5 Å². The lowest BCUT2D eigenvalue weighted by molar-refractivity contribution is -0.162. The molecule has 1 aromatic heterocycles. The van der Waals surface area contributed by atoms with Crippen molar-refractivity contribution in [2.45, 2.75) is 33.1 Å². The molecule has 2 atom stereocenters. The van der Waals surface area contributed by atoms with Gasteiger partial charge in [-0.3, -0.25) is 14.4 Å². The van der Waals surface area contributed by atoms with Crippen LogP contribution in [-0.2, 0) is 9.59 Å². The van der Waals surface area contributed by atoms with Crippen LogP contribution in [0.2, 0.25) is 0 Å². The zero-order valence-electron chi connectivity index (χ0n) is 14.5. The maximum atomic E-state index is 12.7. The Balaban J connectivity index is 2.41. The number of hydrogen-bond acceptors (Lipinski definition) is 4. The first-order valence-corrected chi connectivity index (χ1v) is 9.06. The molecule has 1 aromatic carbocycles. The van der Waals surface area contributed by atoms with Crippen molar-refractivity contribution in [3.05, 3.63) is 40.5 Å². The maximum Gasteiger partial charge on any atom is 0.310 e. The number of hydrogen-bond donors (Lipinski definition) is 2. The van der Waals surface area contributed by atoms with Gasteiger partial charge < -0.3 is 10.2 Å². The summed E-state index contributed by atoms with van der Waals surface area (Å²) in [6, 6.07) is 8.70. The van der Waals surface area contributed by atoms with Crippen molar-refractivity contribution in [3.8, 4) is 0 Å². The highest BCUT2D eigenvalue weighted by atomic mass is 79.9. The average Bonchev–Trinajstić information content (AvgIpc) is 2.59. The second kappa shape index (κ2) is 7.95. The van der Waals surface area contributed by atoms with E-state index in [0.717, 1.165) is 9.86 Å². The Kier molecular flexibility index (Phi) is 6.13. The van der Waals surface area contributed by atoms with Crippen LogP contribution in [0.25, 0.3) is 10.9 Å². The van der Waals surface area contributed by atoms with E-state index in [1.165, 1.54) is 6.92 Å². The van der Waals surface area contributed by atoms with Crippen LogP contribution in [-0.4, -0.2) is 32.9 Å². The van der Waals surface area contributed by atoms with Crippen molar-refractivity contribution >= 4 is 44.6 Å². The largest absolute Gasteiger partial charge is 0.481 e. The highest BCUT2D eigenvalue weighted by Crippen LogP contribution is 2.38. The van der Waals surface area contributed by atoms with Crippen LogP contribution >= 0.6 is 15.9 Å². The first kappa shape index (κ1) is 20.0. The SMILES string of the molecule is CCCC(CC(=O)c1ccc2cc(Br)ccc2n1)(C(=O)O)C(C)C(=O)O. The van der Waals surface area contributed by atoms with Gasteiger partial charge in [0.2, 0.25) is 0 Å². The van der Waals surface area contributed by atoms with E-state index in [9.17, 15) is 24.6 Å². The van der Waals surface area contributed by atoms with Gasteiger partial charge >= 0.3 is 11.9 Å². The molecule has 2 unspecified atom stereocenters. The lowest BCUT2D eigenvalue weighted by atomic mass is 9.69. The summed E-state index contributed by atoms with van der Waals surface area (Å²) in [5.41, 5.74) is -0.908. The molecule has 2 rings (SSSR count). The lowest BCUT2D eigenvalue weighted by Gasteiger charge is -2.32. The number of aliphatic carboxylic acids is 2. The summed E-state index contributed by atoms with van der Waals surface area (Å²) >= 11 is 3.37. The normalized spacial score (nSPS) is 14.6. The number of nitrogens with zero attached hydrogens (tertiary/aromatic N) is 1. The number of rotatable bonds is 8. The van der Waals surface area contributed by atoms with Crippen LogP contribution < -0.4 is 0 Å². The Morgan fingerprint density at radius 2 is 1.88 bits per heavy atom. The van der Waals surface area contributed by atoms with Crippen molar-refractivity contribution in [1.29, 1.82) is 0 Å². The van der Waals surface area contributed by atoms with Gasteiger partial charge in [-0.25, -0.2) is 4.98 Å². The van der Waals surface area contributed by atoms with Gasteiger partial charge in [-0.05, 0) is 30.7 Å². The minimum atomic E-state index is -1.66. The van der Waals surface area contributed by atoms with Gasteiger partial charge in [-0.15, -0.1) is 0 Å². The fourth-order valence-corrected chi connectivity index (χ4v) is 3.52. The van der Waals surface area contributed by atoms with Gasteiger partial charge in [0.25, 0.3) is 0 Å². The molecular formula is C19H20BrNO5. The molecule has 26 heavy (non-hydrogen) atoms. The third-order valence-electron chi connectivity index (χ3n) is 4.73. The number of carboxylic acid groups (broad SMARTS) is 2. The van der Waals surface area contributed by atoms with E-state index in [4.69, 9.17) is 0 Å². The molecule has 1 heterocycles. The number of pyridine rings is 1. The topological polar surface area (TPSA) is 105 Å². The molecule has 2 N–H and O–H groups in total. The molecule has 0 aliphatic rings. The highest BCUT2D eigenvalue weighted by molar-refractivity contribution is 9.10. The molecule has 138 valence electrons. The van der Waals surface area contributed by atoms with E-state index in [1.807, 2.05) is 6.07 Å². The Bertz CT molecular complexity index is 866. The average molecular weight is 422 g/mol. The first-order chi connectivity index (χ1) is 12.2. The zero-order valence-corrected chi connectivity index (χ0v) is 16.1. The third-order valence-corrected chi connectivity index (χ3v) is 5.23. The summed E-state index contributed by atoms with van der Waals surface area (Å²) in [5, 5.41) is 19.9. The van der Waals surface area contributed by atoms with Crippen molar-refractivity contribution in [1.82, 2.24) is 4.98 Å². The van der Waals surface area contributed by atoms with E-state index >= 15 is 0 Å². The predicted molar refractivity (Wildman–Crippen MR) is 100 cm³/mol. The van der Waals surface area contributed by atoms with Crippen molar-refractivity contribution in [2.24, 2.45) is 11.3 Å². The Morgan fingerprint density at radius 3 is 2.46 bits per heavy atom. The van der Waals surface area contributed by atoms with Crippen LogP contribution in [0.3, 0.4) is 0 Å². The summed E-state index contributed by atoms with van der Waals surface area (Å²) in [7, 11) is 0. The van der Waals surface area contributed by atoms with E-state index in [-0.39, 0.29) is 12.1 Å². The molecule has 6 nitrogen and oxygen atoms in total. The molecule has 0 radical (unpaired) electrons. The fourth-order valence-electron chi connectivity index (χ4n) is 3.14. The summed E-state index contributed by atoms with van der Waals surface area (Å²) in [6.07, 6.45) is 0.150. The third kappa shape index (κ3) is 3.93. The van der Waals surface area contributed by atoms with Gasteiger partial charge in [0.05, 0.1) is 16.8 Å². The molecule has 2 aromatic rings. The van der Waals surface area contributed by atoms with E-state index in [2.05, 4.69) is 20.9 Å². The molecule has 0 aliphatic carbocycles. The van der Waals surface area contributed by atoms with Crippen LogP contribution in [0.1, 0.15) is 43.6 Å². The lowest BCUT2D eigenvalue weighted by Crippen LogP contribution is -2.43. The van der Waals surface area contributed by atoms with Gasteiger partial charge in [-0.2, -0.15) is 0 Å². The first-order valence-electron chi connectivity index (χ1n) is 8.27. The number of carboxylic acids is 2. The Hall–Kier alpha value is -2.28. The number of halogens is 1. The minimum Gasteiger partial charge on any atom is -0.481 e. The van der Waals surface area contributed by atoms with E-state index in [0.29, 0.717) is 11.9 Å². The number of ketones is 1. The molecule has 0 spiro atoms. The fraction of sp³-hybridized carbons (Fsp3) is 0.368. The highest BCUT2D eigenvalue weighted by Gasteiger charge is 2.48. The van der Waals surface area contributed by atoms with E-state index in [1.54, 1.807) is 31.2 Å². The van der Waals surface area contributed by atoms with Gasteiger partial charge in [0.1, 0.15) is 5.69 Å². The van der Waals surface area contributed by atoms with Crippen molar-refractivity contribution in [2.75, 3.05) is 0 Å². The second-order valence-corrected chi connectivity index (χ2v) is 7.32. The van der Waals surface area contributed by atoms with Crippen molar-refractivity contribution < 1.29 is 24.6 Å². The minimum absolute atomic E-state index is 0.0993. The van der Waals surface area contributed by atoms with Gasteiger partial charge in [0.15, 0.2) is 5.78 Å². The Labute approximate surface area is 159 Å². The number of carbonyl (C=O) groups excluding carboxylic acids is 1. The van der Waals surface area contributed by atoms with Gasteiger partial charge in [0, 0.05) is 16.3 Å². The summed E-state index contributed by atoms with van der Waals surface area (Å²) < 4.78 is 0.883. The monoisotopic (exact) mass is 421 g/mol. The van der Waals surface area contributed by atoms with Gasteiger partial charge in [-0.1, -0.05) is 42.3 Å². The molecular weight excluding hydrogens is 402 g/mol. The van der Waals surface area contributed by atoms with Crippen LogP contribution in [0, 0.1) is 11.3 Å². The predicted octanol–water partition coefficient (Wildman–Crippen LogP) is 4.16. The molecule has 0 bridgehead atoms. The molecule has 0 amide bonds. The summed E-state index contributed by atoms with van der Waals surface area (Å²) in [5.74, 6) is -4.17. The molecule has 0 saturated carbocycles. The number of fused-ring (bicyclic) bond motifs is 1. The molecule has 7 heteroatoms. The standard InChI is InChI=1S/C19H20BrNO5/c1-3-8-19(18(25)26,11(2)17(23)24)10-16(22)15-6-4-12-9-13(20)5-7-14(12)21-15/h4-7,9,11H,3,8,10H2,1-2H3,(H,23,24)(H,25,26). The Morgan fingerprint density at radius 1 is 1.19 bits per heavy atom.